The van der Waals surface area contributed by atoms with E-state index in [1.807, 2.05) is 6.92 Å². The van der Waals surface area contributed by atoms with Gasteiger partial charge in [-0.25, -0.2) is 17.9 Å². The maximum atomic E-state index is 12.1. The minimum atomic E-state index is -3.69. The lowest BCUT2D eigenvalue weighted by molar-refractivity contribution is 0.0702. The number of methoxy groups -OCH3 is 1. The average molecular weight is 307 g/mol. The predicted octanol–water partition coefficient (Wildman–Crippen LogP) is 1.54. The highest BCUT2D eigenvalue weighted by Gasteiger charge is 2.22. The van der Waals surface area contributed by atoms with E-state index in [0.29, 0.717) is 6.42 Å². The molecule has 1 aromatic rings. The van der Waals surface area contributed by atoms with Gasteiger partial charge in [0.1, 0.15) is 9.09 Å². The largest absolute Gasteiger partial charge is 0.477 e. The van der Waals surface area contributed by atoms with E-state index >= 15 is 0 Å². The third-order valence-corrected chi connectivity index (χ3v) is 5.47. The minimum Gasteiger partial charge on any atom is -0.477 e. The molecule has 1 unspecified atom stereocenters. The molecule has 1 aromatic heterocycles. The molecule has 0 aliphatic carbocycles. The molecule has 8 heteroatoms. The molecule has 0 aliphatic heterocycles. The van der Waals surface area contributed by atoms with Gasteiger partial charge in [0, 0.05) is 13.2 Å². The fourth-order valence-electron chi connectivity index (χ4n) is 1.58. The van der Waals surface area contributed by atoms with Gasteiger partial charge in [0.15, 0.2) is 0 Å². The van der Waals surface area contributed by atoms with Crippen molar-refractivity contribution in [3.05, 3.63) is 17.0 Å². The van der Waals surface area contributed by atoms with Crippen LogP contribution in [0.3, 0.4) is 0 Å². The zero-order valence-electron chi connectivity index (χ0n) is 10.8. The summed E-state index contributed by atoms with van der Waals surface area (Å²) in [5.74, 6) is -1.13. The molecule has 0 amide bonds. The Morgan fingerprint density at radius 3 is 2.68 bits per heavy atom. The summed E-state index contributed by atoms with van der Waals surface area (Å²) in [7, 11) is -2.19. The molecule has 0 spiro atoms. The van der Waals surface area contributed by atoms with Crippen LogP contribution in [0.4, 0.5) is 0 Å². The molecule has 1 heterocycles. The highest BCUT2D eigenvalue weighted by Crippen LogP contribution is 2.22. The topological polar surface area (TPSA) is 92.7 Å². The van der Waals surface area contributed by atoms with Crippen LogP contribution in [0.5, 0.6) is 0 Å². The van der Waals surface area contributed by atoms with Crippen molar-refractivity contribution in [1.29, 1.82) is 0 Å². The maximum absolute atomic E-state index is 12.1. The van der Waals surface area contributed by atoms with Gasteiger partial charge in [0.2, 0.25) is 10.0 Å². The Morgan fingerprint density at radius 1 is 1.53 bits per heavy atom. The molecular formula is C11H17NO5S2. The van der Waals surface area contributed by atoms with E-state index in [0.717, 1.165) is 17.8 Å². The molecule has 19 heavy (non-hydrogen) atoms. The number of carboxylic acids is 1. The Bertz CT molecular complexity index is 517. The van der Waals surface area contributed by atoms with Crippen molar-refractivity contribution in [2.45, 2.75) is 30.0 Å². The van der Waals surface area contributed by atoms with Crippen molar-refractivity contribution >= 4 is 27.3 Å². The molecule has 0 aromatic carbocycles. The first-order chi connectivity index (χ1) is 8.90. The van der Waals surface area contributed by atoms with Gasteiger partial charge >= 0.3 is 5.97 Å². The summed E-state index contributed by atoms with van der Waals surface area (Å²) in [5.41, 5.74) is 0. The van der Waals surface area contributed by atoms with Gasteiger partial charge in [-0.15, -0.1) is 11.3 Å². The van der Waals surface area contributed by atoms with Crippen LogP contribution in [0.15, 0.2) is 16.3 Å². The maximum Gasteiger partial charge on any atom is 0.345 e. The molecule has 0 saturated carbocycles. The first-order valence-corrected chi connectivity index (χ1v) is 8.05. The van der Waals surface area contributed by atoms with Gasteiger partial charge < -0.3 is 9.84 Å². The van der Waals surface area contributed by atoms with Crippen LogP contribution in [0.2, 0.25) is 0 Å². The normalized spacial score (nSPS) is 13.4. The summed E-state index contributed by atoms with van der Waals surface area (Å²) in [6, 6.07) is 2.27. The molecule has 0 aliphatic rings. The molecule has 1 rings (SSSR count). The summed E-state index contributed by atoms with van der Waals surface area (Å²) in [5, 5.41) is 8.79. The number of hydrogen-bond donors (Lipinski definition) is 2. The van der Waals surface area contributed by atoms with Crippen LogP contribution in [0.25, 0.3) is 0 Å². The Labute approximate surface area is 116 Å². The quantitative estimate of drug-likeness (QED) is 0.760. The number of hydrogen-bond acceptors (Lipinski definition) is 5. The zero-order valence-corrected chi connectivity index (χ0v) is 12.4. The lowest BCUT2D eigenvalue weighted by Crippen LogP contribution is -2.37. The summed E-state index contributed by atoms with van der Waals surface area (Å²) >= 11 is 0.735. The number of sulfonamides is 1. The van der Waals surface area contributed by atoms with Crippen molar-refractivity contribution in [3.63, 3.8) is 0 Å². The van der Waals surface area contributed by atoms with E-state index in [9.17, 15) is 13.2 Å². The van der Waals surface area contributed by atoms with Crippen molar-refractivity contribution in [2.24, 2.45) is 0 Å². The zero-order chi connectivity index (χ0) is 14.5. The summed E-state index contributed by atoms with van der Waals surface area (Å²) in [6.07, 6.45) is 1.48. The number of ether oxygens (including phenoxy) is 1. The Hall–Kier alpha value is -0.960. The molecule has 0 fully saturated rings. The van der Waals surface area contributed by atoms with Crippen molar-refractivity contribution in [2.75, 3.05) is 13.7 Å². The molecule has 1 atom stereocenters. The molecule has 2 N–H and O–H groups in total. The highest BCUT2D eigenvalue weighted by molar-refractivity contribution is 7.91. The van der Waals surface area contributed by atoms with E-state index in [-0.39, 0.29) is 21.7 Å². The fourth-order valence-corrected chi connectivity index (χ4v) is 4.00. The summed E-state index contributed by atoms with van der Waals surface area (Å²) in [4.78, 5) is 10.7. The van der Waals surface area contributed by atoms with E-state index in [2.05, 4.69) is 4.72 Å². The van der Waals surface area contributed by atoms with Crippen LogP contribution in [0.1, 0.15) is 29.4 Å². The van der Waals surface area contributed by atoms with Gasteiger partial charge in [0.25, 0.3) is 0 Å². The second-order valence-electron chi connectivity index (χ2n) is 3.99. The van der Waals surface area contributed by atoms with E-state index in [1.54, 1.807) is 0 Å². The SMILES string of the molecule is CCCC(COC)NS(=O)(=O)c1ccc(C(=O)O)s1. The first kappa shape index (κ1) is 16.1. The van der Waals surface area contributed by atoms with Gasteiger partial charge in [0.05, 0.1) is 6.61 Å². The molecule has 0 bridgehead atoms. The number of thiophene rings is 1. The molecule has 6 nitrogen and oxygen atoms in total. The third kappa shape index (κ3) is 4.57. The van der Waals surface area contributed by atoms with Crippen LogP contribution < -0.4 is 4.72 Å². The van der Waals surface area contributed by atoms with E-state index in [1.165, 1.54) is 19.2 Å². The van der Waals surface area contributed by atoms with Crippen LogP contribution >= 0.6 is 11.3 Å². The number of carboxylic acid groups (broad SMARTS) is 1. The lowest BCUT2D eigenvalue weighted by atomic mass is 10.2. The fraction of sp³-hybridized carbons (Fsp3) is 0.545. The molecule has 108 valence electrons. The third-order valence-electron chi connectivity index (χ3n) is 2.38. The van der Waals surface area contributed by atoms with Gasteiger partial charge in [-0.1, -0.05) is 13.3 Å². The monoisotopic (exact) mass is 307 g/mol. The number of nitrogens with one attached hydrogen (secondary N) is 1. The molecule has 0 saturated heterocycles. The number of aromatic carboxylic acids is 1. The highest BCUT2D eigenvalue weighted by atomic mass is 32.2. The van der Waals surface area contributed by atoms with Crippen LogP contribution in [-0.4, -0.2) is 39.3 Å². The Kier molecular flexibility index (Phi) is 5.92. The average Bonchev–Trinajstić information content (AvgIpc) is 2.79. The van der Waals surface area contributed by atoms with E-state index < -0.39 is 16.0 Å². The van der Waals surface area contributed by atoms with Crippen LogP contribution in [0, 0.1) is 0 Å². The second kappa shape index (κ2) is 6.99. The Balaban J connectivity index is 2.86. The minimum absolute atomic E-state index is 0.000780. The molecular weight excluding hydrogens is 290 g/mol. The standard InChI is InChI=1S/C11H17NO5S2/c1-3-4-8(7-17-2)12-19(15,16)10-6-5-9(18-10)11(13)14/h5-6,8,12H,3-4,7H2,1-2H3,(H,13,14). The summed E-state index contributed by atoms with van der Waals surface area (Å²) in [6.45, 7) is 2.23. The first-order valence-electron chi connectivity index (χ1n) is 5.75. The van der Waals surface area contributed by atoms with Crippen molar-refractivity contribution in [1.82, 2.24) is 4.72 Å². The number of rotatable bonds is 8. The second-order valence-corrected chi connectivity index (χ2v) is 7.01. The van der Waals surface area contributed by atoms with Gasteiger partial charge in [-0.2, -0.15) is 0 Å². The summed E-state index contributed by atoms with van der Waals surface area (Å²) < 4.78 is 31.7. The molecule has 0 radical (unpaired) electrons. The van der Waals surface area contributed by atoms with Crippen molar-refractivity contribution < 1.29 is 23.1 Å². The Morgan fingerprint density at radius 2 is 2.21 bits per heavy atom. The smallest absolute Gasteiger partial charge is 0.345 e. The van der Waals surface area contributed by atoms with Gasteiger partial charge in [-0.3, -0.25) is 0 Å². The lowest BCUT2D eigenvalue weighted by Gasteiger charge is -2.16. The predicted molar refractivity (Wildman–Crippen MR) is 72.2 cm³/mol. The van der Waals surface area contributed by atoms with Crippen molar-refractivity contribution in [3.8, 4) is 0 Å². The number of carbonyl (C=O) groups is 1. The van der Waals surface area contributed by atoms with Gasteiger partial charge in [-0.05, 0) is 18.6 Å². The van der Waals surface area contributed by atoms with Crippen LogP contribution in [-0.2, 0) is 14.8 Å². The van der Waals surface area contributed by atoms with E-state index in [4.69, 9.17) is 9.84 Å².